The Morgan fingerprint density at radius 3 is 2.75 bits per heavy atom. The molecule has 1 aromatic heterocycles. The molecule has 2 aromatic carbocycles. The maximum Gasteiger partial charge on any atom is 0.251 e. The maximum atomic E-state index is 12.5. The number of hydrogen-bond donors (Lipinski definition) is 1. The van der Waals surface area contributed by atoms with Crippen molar-refractivity contribution in [1.82, 2.24) is 14.9 Å². The zero-order chi connectivity index (χ0) is 19.8. The molecule has 1 heterocycles. The number of nitrogens with zero attached hydrogens (tertiary/aromatic N) is 2. The van der Waals surface area contributed by atoms with Gasteiger partial charge >= 0.3 is 0 Å². The van der Waals surface area contributed by atoms with Crippen LogP contribution in [0.5, 0.6) is 5.75 Å². The first-order valence-corrected chi connectivity index (χ1v) is 10.1. The standard InChI is InChI=1S/C21H23N3O3S/c1-26-12-13-27-19-5-3-4-16(14-19)15-23-20(25)17-6-8-18(9-7-17)24-11-10-22-21(24)28-2/h3-11,14H,12-13,15H2,1-2H3,(H,23,25). The molecule has 0 spiro atoms. The summed E-state index contributed by atoms with van der Waals surface area (Å²) in [7, 11) is 1.64. The van der Waals surface area contributed by atoms with Crippen molar-refractivity contribution in [3.8, 4) is 11.4 Å². The minimum atomic E-state index is -0.118. The van der Waals surface area contributed by atoms with Gasteiger partial charge in [-0.15, -0.1) is 0 Å². The number of ether oxygens (including phenoxy) is 2. The van der Waals surface area contributed by atoms with Gasteiger partial charge in [0.2, 0.25) is 0 Å². The van der Waals surface area contributed by atoms with Gasteiger partial charge in [-0.1, -0.05) is 23.9 Å². The molecule has 7 heteroatoms. The Kier molecular flexibility index (Phi) is 7.11. The largest absolute Gasteiger partial charge is 0.491 e. The Morgan fingerprint density at radius 1 is 1.18 bits per heavy atom. The molecule has 0 saturated heterocycles. The summed E-state index contributed by atoms with van der Waals surface area (Å²) < 4.78 is 12.6. The van der Waals surface area contributed by atoms with Crippen molar-refractivity contribution < 1.29 is 14.3 Å². The number of amides is 1. The highest BCUT2D eigenvalue weighted by Crippen LogP contribution is 2.18. The highest BCUT2D eigenvalue weighted by Gasteiger charge is 2.08. The lowest BCUT2D eigenvalue weighted by Crippen LogP contribution is -2.22. The summed E-state index contributed by atoms with van der Waals surface area (Å²) >= 11 is 1.58. The third kappa shape index (κ3) is 5.15. The zero-order valence-electron chi connectivity index (χ0n) is 15.9. The number of thioether (sulfide) groups is 1. The third-order valence-corrected chi connectivity index (χ3v) is 4.77. The third-order valence-electron chi connectivity index (χ3n) is 4.10. The van der Waals surface area contributed by atoms with Crippen LogP contribution < -0.4 is 10.1 Å². The van der Waals surface area contributed by atoms with Gasteiger partial charge in [0.25, 0.3) is 5.91 Å². The fourth-order valence-corrected chi connectivity index (χ4v) is 3.21. The first-order chi connectivity index (χ1) is 13.7. The van der Waals surface area contributed by atoms with Crippen molar-refractivity contribution >= 4 is 17.7 Å². The van der Waals surface area contributed by atoms with Crippen molar-refractivity contribution in [3.63, 3.8) is 0 Å². The molecule has 6 nitrogen and oxygen atoms in total. The van der Waals surface area contributed by atoms with Gasteiger partial charge in [0.05, 0.1) is 6.61 Å². The van der Waals surface area contributed by atoms with Gasteiger partial charge in [0.15, 0.2) is 5.16 Å². The summed E-state index contributed by atoms with van der Waals surface area (Å²) in [5, 5.41) is 3.85. The molecule has 0 aliphatic heterocycles. The molecular weight excluding hydrogens is 374 g/mol. The molecule has 0 unspecified atom stereocenters. The van der Waals surface area contributed by atoms with E-state index in [1.165, 1.54) is 0 Å². The molecule has 0 aliphatic carbocycles. The van der Waals surface area contributed by atoms with E-state index < -0.39 is 0 Å². The molecule has 3 aromatic rings. The van der Waals surface area contributed by atoms with Gasteiger partial charge < -0.3 is 14.8 Å². The Labute approximate surface area is 168 Å². The molecule has 0 aliphatic rings. The van der Waals surface area contributed by atoms with E-state index in [1.807, 2.05) is 65.6 Å². The lowest BCUT2D eigenvalue weighted by atomic mass is 10.1. The lowest BCUT2D eigenvalue weighted by Gasteiger charge is -2.10. The molecule has 28 heavy (non-hydrogen) atoms. The second kappa shape index (κ2) is 9.96. The first kappa shape index (κ1) is 20.0. The number of nitrogens with one attached hydrogen (secondary N) is 1. The Morgan fingerprint density at radius 2 is 2.00 bits per heavy atom. The van der Waals surface area contributed by atoms with Crippen LogP contribution in [-0.2, 0) is 11.3 Å². The van der Waals surface area contributed by atoms with Gasteiger partial charge in [0, 0.05) is 37.3 Å². The number of carbonyl (C=O) groups is 1. The minimum Gasteiger partial charge on any atom is -0.491 e. The van der Waals surface area contributed by atoms with Crippen molar-refractivity contribution in [2.45, 2.75) is 11.7 Å². The van der Waals surface area contributed by atoms with Crippen molar-refractivity contribution in [3.05, 3.63) is 72.1 Å². The molecule has 0 bridgehead atoms. The van der Waals surface area contributed by atoms with Gasteiger partial charge in [-0.3, -0.25) is 9.36 Å². The highest BCUT2D eigenvalue weighted by atomic mass is 32.2. The van der Waals surface area contributed by atoms with Crippen LogP contribution in [0.3, 0.4) is 0 Å². The molecule has 0 atom stereocenters. The van der Waals surface area contributed by atoms with Gasteiger partial charge in [-0.25, -0.2) is 4.98 Å². The minimum absolute atomic E-state index is 0.118. The SMILES string of the molecule is COCCOc1cccc(CNC(=O)c2ccc(-n3ccnc3SC)cc2)c1. The van der Waals surface area contributed by atoms with Crippen LogP contribution in [0.4, 0.5) is 0 Å². The summed E-state index contributed by atoms with van der Waals surface area (Å²) in [6.07, 6.45) is 5.65. The average Bonchev–Trinajstić information content (AvgIpc) is 3.21. The number of methoxy groups -OCH3 is 1. The summed E-state index contributed by atoms with van der Waals surface area (Å²) in [5.41, 5.74) is 2.56. The predicted molar refractivity (Wildman–Crippen MR) is 110 cm³/mol. The van der Waals surface area contributed by atoms with Crippen LogP contribution in [0, 0.1) is 0 Å². The summed E-state index contributed by atoms with van der Waals surface area (Å²) in [5.74, 6) is 0.644. The van der Waals surface area contributed by atoms with E-state index in [2.05, 4.69) is 10.3 Å². The number of imidazole rings is 1. The molecule has 1 amide bonds. The second-order valence-electron chi connectivity index (χ2n) is 6.00. The maximum absolute atomic E-state index is 12.5. The number of carbonyl (C=O) groups excluding carboxylic acids is 1. The van der Waals surface area contributed by atoms with Crippen LogP contribution in [0.2, 0.25) is 0 Å². The van der Waals surface area contributed by atoms with E-state index in [1.54, 1.807) is 25.1 Å². The quantitative estimate of drug-likeness (QED) is 0.442. The molecule has 3 rings (SSSR count). The second-order valence-corrected chi connectivity index (χ2v) is 6.78. The summed E-state index contributed by atoms with van der Waals surface area (Å²) in [6.45, 7) is 1.46. The van der Waals surface area contributed by atoms with Gasteiger partial charge in [-0.2, -0.15) is 0 Å². The number of hydrogen-bond acceptors (Lipinski definition) is 5. The van der Waals surface area contributed by atoms with Crippen LogP contribution >= 0.6 is 11.8 Å². The molecule has 0 saturated carbocycles. The topological polar surface area (TPSA) is 65.4 Å². The Bertz CT molecular complexity index is 909. The monoisotopic (exact) mass is 397 g/mol. The van der Waals surface area contributed by atoms with Crippen LogP contribution in [0.15, 0.2) is 66.1 Å². The first-order valence-electron chi connectivity index (χ1n) is 8.88. The fourth-order valence-electron chi connectivity index (χ4n) is 2.68. The molecule has 1 N–H and O–H groups in total. The molecule has 0 radical (unpaired) electrons. The van der Waals surface area contributed by atoms with E-state index in [4.69, 9.17) is 9.47 Å². The summed E-state index contributed by atoms with van der Waals surface area (Å²) in [6, 6.07) is 15.1. The smallest absolute Gasteiger partial charge is 0.251 e. The Hall–Kier alpha value is -2.77. The fraction of sp³-hybridized carbons (Fsp3) is 0.238. The van der Waals surface area contributed by atoms with Gasteiger partial charge in [0.1, 0.15) is 12.4 Å². The molecule has 146 valence electrons. The highest BCUT2D eigenvalue weighted by molar-refractivity contribution is 7.98. The lowest BCUT2D eigenvalue weighted by molar-refractivity contribution is 0.0951. The van der Waals surface area contributed by atoms with Crippen LogP contribution in [0.25, 0.3) is 5.69 Å². The van der Waals surface area contributed by atoms with Crippen molar-refractivity contribution in [2.75, 3.05) is 26.6 Å². The zero-order valence-corrected chi connectivity index (χ0v) is 16.7. The number of rotatable bonds is 9. The molecule has 0 fully saturated rings. The molecular formula is C21H23N3O3S. The predicted octanol–water partition coefficient (Wildman–Crippen LogP) is 3.55. The van der Waals surface area contributed by atoms with Crippen LogP contribution in [-0.4, -0.2) is 42.0 Å². The van der Waals surface area contributed by atoms with E-state index >= 15 is 0 Å². The average molecular weight is 398 g/mol. The van der Waals surface area contributed by atoms with Crippen LogP contribution in [0.1, 0.15) is 15.9 Å². The van der Waals surface area contributed by atoms with E-state index in [9.17, 15) is 4.79 Å². The van der Waals surface area contributed by atoms with Gasteiger partial charge in [-0.05, 0) is 48.2 Å². The summed E-state index contributed by atoms with van der Waals surface area (Å²) in [4.78, 5) is 16.7. The van der Waals surface area contributed by atoms with E-state index in [0.29, 0.717) is 25.3 Å². The Balaban J connectivity index is 1.58. The van der Waals surface area contributed by atoms with E-state index in [0.717, 1.165) is 22.2 Å². The van der Waals surface area contributed by atoms with E-state index in [-0.39, 0.29) is 5.91 Å². The van der Waals surface area contributed by atoms with Crippen molar-refractivity contribution in [1.29, 1.82) is 0 Å². The number of benzene rings is 2. The normalized spacial score (nSPS) is 10.6. The number of aromatic nitrogens is 2. The van der Waals surface area contributed by atoms with Crippen molar-refractivity contribution in [2.24, 2.45) is 0 Å².